The van der Waals surface area contributed by atoms with Gasteiger partial charge in [0.2, 0.25) is 0 Å². The van der Waals surface area contributed by atoms with Crippen LogP contribution in [0.25, 0.3) is 0 Å². The quantitative estimate of drug-likeness (QED) is 0.616. The van der Waals surface area contributed by atoms with Crippen LogP contribution in [-0.4, -0.2) is 17.6 Å². The van der Waals surface area contributed by atoms with Gasteiger partial charge < -0.3 is 4.42 Å². The van der Waals surface area contributed by atoms with Crippen molar-refractivity contribution >= 4 is 28.2 Å². The van der Waals surface area contributed by atoms with Crippen molar-refractivity contribution in [3.05, 3.63) is 12.3 Å². The Bertz CT molecular complexity index is 205. The van der Waals surface area contributed by atoms with Crippen LogP contribution in [0.2, 0.25) is 26.2 Å². The molecule has 1 rings (SSSR count). The predicted octanol–water partition coefficient (Wildman–Crippen LogP) is 0.667. The van der Waals surface area contributed by atoms with E-state index < -0.39 is 17.6 Å². The van der Waals surface area contributed by atoms with Gasteiger partial charge in [-0.25, -0.2) is 0 Å². The minimum absolute atomic E-state index is 0.634. The molecule has 0 N–H and O–H groups in total. The smallest absolute Gasteiger partial charge is 0.110 e. The third kappa shape index (κ3) is 1.84. The first-order valence-corrected chi connectivity index (χ1v) is 9.97. The Labute approximate surface area is 71.6 Å². The molecule has 0 bridgehead atoms. The molecule has 11 heavy (non-hydrogen) atoms. The van der Waals surface area contributed by atoms with Crippen molar-refractivity contribution in [2.75, 3.05) is 0 Å². The van der Waals surface area contributed by atoms with Crippen LogP contribution in [-0.2, 0) is 0 Å². The molecule has 0 spiro atoms. The summed E-state index contributed by atoms with van der Waals surface area (Å²) in [6.07, 6.45) is 1.85. The van der Waals surface area contributed by atoms with E-state index in [1.54, 1.807) is 5.19 Å². The summed E-state index contributed by atoms with van der Waals surface area (Å²) in [6, 6.07) is 2.17. The van der Waals surface area contributed by atoms with Gasteiger partial charge in [-0.1, -0.05) is 26.2 Å². The van der Waals surface area contributed by atoms with Crippen molar-refractivity contribution in [3.8, 4) is 0 Å². The molecule has 0 saturated carbocycles. The number of rotatable bonds is 2. The molecule has 1 aromatic heterocycles. The minimum atomic E-state index is -0.707. The molecular formula is C8H16OSi2. The van der Waals surface area contributed by atoms with Crippen LogP contribution in [0.3, 0.4) is 0 Å². The fourth-order valence-corrected chi connectivity index (χ4v) is 5.49. The summed E-state index contributed by atoms with van der Waals surface area (Å²) in [5, 5.41) is 2.89. The highest BCUT2D eigenvalue weighted by Crippen LogP contribution is 1.90. The first-order chi connectivity index (χ1) is 5.13. The van der Waals surface area contributed by atoms with Crippen LogP contribution in [0.15, 0.2) is 16.7 Å². The van der Waals surface area contributed by atoms with E-state index in [1.807, 2.05) is 6.26 Å². The molecule has 0 saturated heterocycles. The highest BCUT2D eigenvalue weighted by atomic mass is 28.3. The minimum Gasteiger partial charge on any atom is -0.475 e. The SMILES string of the molecule is C[SiH](C)c1ccoc1[SiH](C)C. The maximum atomic E-state index is 5.48. The Morgan fingerprint density at radius 1 is 1.09 bits per heavy atom. The van der Waals surface area contributed by atoms with Gasteiger partial charge >= 0.3 is 0 Å². The molecule has 3 heteroatoms. The lowest BCUT2D eigenvalue weighted by Gasteiger charge is -2.05. The molecule has 62 valence electrons. The maximum absolute atomic E-state index is 5.48. The third-order valence-electron chi connectivity index (χ3n) is 1.87. The van der Waals surface area contributed by atoms with Crippen molar-refractivity contribution in [3.63, 3.8) is 0 Å². The summed E-state index contributed by atoms with van der Waals surface area (Å²) in [6.45, 7) is 9.34. The summed E-state index contributed by atoms with van der Waals surface area (Å²) in [5.74, 6) is 0. The van der Waals surface area contributed by atoms with Gasteiger partial charge in [0, 0.05) is 0 Å². The van der Waals surface area contributed by atoms with E-state index in [9.17, 15) is 0 Å². The van der Waals surface area contributed by atoms with E-state index in [0.717, 1.165) is 0 Å². The van der Waals surface area contributed by atoms with E-state index in [0.29, 0.717) is 0 Å². The van der Waals surface area contributed by atoms with E-state index in [4.69, 9.17) is 4.42 Å². The number of furan rings is 1. The molecule has 0 atom stereocenters. The van der Waals surface area contributed by atoms with Crippen LogP contribution in [0.1, 0.15) is 0 Å². The molecule has 0 radical (unpaired) electrons. The Morgan fingerprint density at radius 3 is 2.09 bits per heavy atom. The van der Waals surface area contributed by atoms with Crippen LogP contribution in [0.5, 0.6) is 0 Å². The van der Waals surface area contributed by atoms with E-state index in [2.05, 4.69) is 32.3 Å². The van der Waals surface area contributed by atoms with Gasteiger partial charge in [-0.3, -0.25) is 0 Å². The highest BCUT2D eigenvalue weighted by molar-refractivity contribution is 6.81. The first-order valence-electron chi connectivity index (χ1n) is 4.20. The van der Waals surface area contributed by atoms with Gasteiger partial charge in [0.15, 0.2) is 0 Å². The molecule has 0 amide bonds. The molecule has 0 aliphatic carbocycles. The summed E-state index contributed by atoms with van der Waals surface area (Å²) in [4.78, 5) is 0. The second kappa shape index (κ2) is 3.41. The van der Waals surface area contributed by atoms with Crippen LogP contribution < -0.4 is 10.6 Å². The lowest BCUT2D eigenvalue weighted by molar-refractivity contribution is 0.600. The Kier molecular flexibility index (Phi) is 2.73. The van der Waals surface area contributed by atoms with Crippen molar-refractivity contribution in [2.24, 2.45) is 0 Å². The summed E-state index contributed by atoms with van der Waals surface area (Å²) in [5.41, 5.74) is 0. The third-order valence-corrected chi connectivity index (χ3v) is 5.45. The monoisotopic (exact) mass is 184 g/mol. The number of hydrogen-bond acceptors (Lipinski definition) is 1. The van der Waals surface area contributed by atoms with Crippen molar-refractivity contribution in [1.82, 2.24) is 0 Å². The fraction of sp³-hybridized carbons (Fsp3) is 0.500. The molecule has 0 aliphatic rings. The predicted molar refractivity (Wildman–Crippen MR) is 55.7 cm³/mol. The Hall–Kier alpha value is -0.286. The highest BCUT2D eigenvalue weighted by Gasteiger charge is 2.13. The second-order valence-corrected chi connectivity index (χ2v) is 9.31. The molecular weight excluding hydrogens is 168 g/mol. The topological polar surface area (TPSA) is 13.1 Å². The fourth-order valence-electron chi connectivity index (χ4n) is 1.28. The van der Waals surface area contributed by atoms with Gasteiger partial charge in [0.05, 0.1) is 20.4 Å². The average Bonchev–Trinajstić information content (AvgIpc) is 2.32. The molecule has 1 nitrogen and oxygen atoms in total. The van der Waals surface area contributed by atoms with Crippen LogP contribution in [0, 0.1) is 0 Å². The van der Waals surface area contributed by atoms with Gasteiger partial charge in [-0.05, 0) is 11.3 Å². The summed E-state index contributed by atoms with van der Waals surface area (Å²) in [7, 11) is -1.34. The van der Waals surface area contributed by atoms with Crippen molar-refractivity contribution in [1.29, 1.82) is 0 Å². The van der Waals surface area contributed by atoms with Gasteiger partial charge in [-0.2, -0.15) is 0 Å². The molecule has 1 heterocycles. The second-order valence-electron chi connectivity index (χ2n) is 3.55. The molecule has 0 unspecified atom stereocenters. The zero-order valence-electron chi connectivity index (χ0n) is 7.72. The first kappa shape index (κ1) is 8.81. The zero-order valence-corrected chi connectivity index (χ0v) is 10.0. The van der Waals surface area contributed by atoms with Crippen molar-refractivity contribution in [2.45, 2.75) is 26.2 Å². The Balaban J connectivity index is 2.96. The van der Waals surface area contributed by atoms with Gasteiger partial charge in [-0.15, -0.1) is 0 Å². The maximum Gasteiger partial charge on any atom is 0.110 e. The average molecular weight is 184 g/mol. The van der Waals surface area contributed by atoms with Crippen LogP contribution >= 0.6 is 0 Å². The lowest BCUT2D eigenvalue weighted by Crippen LogP contribution is -2.41. The summed E-state index contributed by atoms with van der Waals surface area (Å²) >= 11 is 0. The molecule has 0 fully saturated rings. The summed E-state index contributed by atoms with van der Waals surface area (Å²) < 4.78 is 5.48. The van der Waals surface area contributed by atoms with Crippen molar-refractivity contribution < 1.29 is 4.42 Å². The Morgan fingerprint density at radius 2 is 1.73 bits per heavy atom. The molecule has 0 aliphatic heterocycles. The van der Waals surface area contributed by atoms with E-state index in [-0.39, 0.29) is 0 Å². The number of hydrogen-bond donors (Lipinski definition) is 0. The largest absolute Gasteiger partial charge is 0.475 e. The van der Waals surface area contributed by atoms with Gasteiger partial charge in [0.25, 0.3) is 0 Å². The molecule has 0 aromatic carbocycles. The standard InChI is InChI=1S/C8H16OSi2/c1-10(2)7-5-6-9-8(7)11(3)4/h5-6,10-11H,1-4H3. The van der Waals surface area contributed by atoms with E-state index in [1.165, 1.54) is 5.38 Å². The normalized spacial score (nSPS) is 11.5. The zero-order chi connectivity index (χ0) is 8.43. The lowest BCUT2D eigenvalue weighted by atomic mass is 10.7. The van der Waals surface area contributed by atoms with E-state index >= 15 is 0 Å². The van der Waals surface area contributed by atoms with Crippen LogP contribution in [0.4, 0.5) is 0 Å². The van der Waals surface area contributed by atoms with Gasteiger partial charge in [0.1, 0.15) is 8.80 Å². The molecule has 1 aromatic rings.